The number of carbonyl (C=O) groups excluding carboxylic acids is 1. The Balaban J connectivity index is 1.92. The Morgan fingerprint density at radius 3 is 2.86 bits per heavy atom. The normalized spacial score (nSPS) is 18.4. The number of rotatable bonds is 3. The molecular formula is C16H14N4OS. The van der Waals surface area contributed by atoms with E-state index in [2.05, 4.69) is 15.0 Å². The molecule has 0 unspecified atom stereocenters. The number of hydrogen-bond donors (Lipinski definition) is 0. The number of thioether (sulfide) groups is 1. The van der Waals surface area contributed by atoms with Crippen LogP contribution in [-0.4, -0.2) is 32.5 Å². The van der Waals surface area contributed by atoms with Crippen LogP contribution in [0.4, 0.5) is 5.69 Å². The number of pyridine rings is 2. The van der Waals surface area contributed by atoms with E-state index in [9.17, 15) is 4.79 Å². The van der Waals surface area contributed by atoms with Crippen molar-refractivity contribution in [2.45, 2.75) is 6.92 Å². The van der Waals surface area contributed by atoms with Crippen molar-refractivity contribution in [3.8, 4) is 0 Å². The molecule has 2 aromatic rings. The van der Waals surface area contributed by atoms with Crippen molar-refractivity contribution in [1.29, 1.82) is 0 Å². The quantitative estimate of drug-likeness (QED) is 0.817. The first-order valence-corrected chi connectivity index (χ1v) is 7.70. The summed E-state index contributed by atoms with van der Waals surface area (Å²) in [5.74, 6) is -0.0409. The van der Waals surface area contributed by atoms with E-state index in [0.29, 0.717) is 16.6 Å². The van der Waals surface area contributed by atoms with Crippen LogP contribution in [0.15, 0.2) is 58.8 Å². The second-order valence-electron chi connectivity index (χ2n) is 4.52. The van der Waals surface area contributed by atoms with Gasteiger partial charge in [-0.2, -0.15) is 0 Å². The van der Waals surface area contributed by atoms with Gasteiger partial charge in [-0.15, -0.1) is 0 Å². The van der Waals surface area contributed by atoms with E-state index in [0.717, 1.165) is 11.4 Å². The maximum absolute atomic E-state index is 12.5. The zero-order valence-electron chi connectivity index (χ0n) is 12.0. The number of amidine groups is 1. The van der Waals surface area contributed by atoms with Crippen LogP contribution in [0.1, 0.15) is 12.6 Å². The molecule has 1 fully saturated rings. The van der Waals surface area contributed by atoms with Crippen molar-refractivity contribution in [2.24, 2.45) is 4.99 Å². The van der Waals surface area contributed by atoms with Gasteiger partial charge in [0.15, 0.2) is 5.17 Å². The average Bonchev–Trinajstić information content (AvgIpc) is 2.84. The van der Waals surface area contributed by atoms with Gasteiger partial charge in [-0.25, -0.2) is 4.99 Å². The SMILES string of the molecule is CCN1C(=O)/C(=C/c2ccccn2)SC1=Nc1cccnc1. The van der Waals surface area contributed by atoms with E-state index in [4.69, 9.17) is 0 Å². The largest absolute Gasteiger partial charge is 0.287 e. The minimum Gasteiger partial charge on any atom is -0.287 e. The summed E-state index contributed by atoms with van der Waals surface area (Å²) in [4.78, 5) is 27.5. The lowest BCUT2D eigenvalue weighted by atomic mass is 10.3. The van der Waals surface area contributed by atoms with E-state index >= 15 is 0 Å². The van der Waals surface area contributed by atoms with Crippen LogP contribution >= 0.6 is 11.8 Å². The predicted molar refractivity (Wildman–Crippen MR) is 88.5 cm³/mol. The number of carbonyl (C=O) groups is 1. The first-order chi connectivity index (χ1) is 10.8. The summed E-state index contributed by atoms with van der Waals surface area (Å²) in [5, 5.41) is 0.669. The van der Waals surface area contributed by atoms with Gasteiger partial charge < -0.3 is 0 Å². The maximum Gasteiger partial charge on any atom is 0.266 e. The van der Waals surface area contributed by atoms with Gasteiger partial charge in [0.05, 0.1) is 22.5 Å². The van der Waals surface area contributed by atoms with Crippen molar-refractivity contribution >= 4 is 34.6 Å². The molecule has 1 aliphatic rings. The monoisotopic (exact) mass is 310 g/mol. The fourth-order valence-electron chi connectivity index (χ4n) is 2.00. The molecule has 3 heterocycles. The average molecular weight is 310 g/mol. The lowest BCUT2D eigenvalue weighted by Crippen LogP contribution is -2.28. The fourth-order valence-corrected chi connectivity index (χ4v) is 3.04. The highest BCUT2D eigenvalue weighted by Gasteiger charge is 2.32. The Morgan fingerprint density at radius 1 is 1.27 bits per heavy atom. The van der Waals surface area contributed by atoms with Gasteiger partial charge in [-0.3, -0.25) is 19.7 Å². The number of likely N-dealkylation sites (N-methyl/N-ethyl adjacent to an activating group) is 1. The molecule has 22 heavy (non-hydrogen) atoms. The first-order valence-electron chi connectivity index (χ1n) is 6.89. The summed E-state index contributed by atoms with van der Waals surface area (Å²) in [6, 6.07) is 9.29. The van der Waals surface area contributed by atoms with Crippen molar-refractivity contribution in [3.63, 3.8) is 0 Å². The molecule has 1 amide bonds. The number of amides is 1. The van der Waals surface area contributed by atoms with Gasteiger partial charge in [-0.1, -0.05) is 6.07 Å². The molecule has 0 spiro atoms. The molecular weight excluding hydrogens is 296 g/mol. The molecule has 2 aromatic heterocycles. The topological polar surface area (TPSA) is 58.5 Å². The molecule has 110 valence electrons. The Labute approximate surface area is 132 Å². The fraction of sp³-hybridized carbons (Fsp3) is 0.125. The first kappa shape index (κ1) is 14.5. The molecule has 6 heteroatoms. The smallest absolute Gasteiger partial charge is 0.266 e. The van der Waals surface area contributed by atoms with Crippen molar-refractivity contribution in [2.75, 3.05) is 6.54 Å². The lowest BCUT2D eigenvalue weighted by Gasteiger charge is -2.11. The van der Waals surface area contributed by atoms with Gasteiger partial charge in [0.1, 0.15) is 0 Å². The molecule has 0 aromatic carbocycles. The highest BCUT2D eigenvalue weighted by molar-refractivity contribution is 8.18. The molecule has 0 N–H and O–H groups in total. The van der Waals surface area contributed by atoms with Gasteiger partial charge in [0.25, 0.3) is 5.91 Å². The maximum atomic E-state index is 12.5. The van der Waals surface area contributed by atoms with E-state index < -0.39 is 0 Å². The highest BCUT2D eigenvalue weighted by Crippen LogP contribution is 2.33. The summed E-state index contributed by atoms with van der Waals surface area (Å²) in [7, 11) is 0. The second-order valence-corrected chi connectivity index (χ2v) is 5.53. The number of aromatic nitrogens is 2. The Bertz CT molecular complexity index is 728. The van der Waals surface area contributed by atoms with Gasteiger partial charge in [0.2, 0.25) is 0 Å². The molecule has 1 saturated heterocycles. The van der Waals surface area contributed by atoms with E-state index in [1.165, 1.54) is 11.8 Å². The number of aliphatic imine (C=N–C) groups is 1. The van der Waals surface area contributed by atoms with Gasteiger partial charge >= 0.3 is 0 Å². The van der Waals surface area contributed by atoms with Crippen LogP contribution in [-0.2, 0) is 4.79 Å². The summed E-state index contributed by atoms with van der Waals surface area (Å²) in [6.45, 7) is 2.51. The van der Waals surface area contributed by atoms with E-state index in [1.807, 2.05) is 37.3 Å². The third-order valence-electron chi connectivity index (χ3n) is 3.04. The van der Waals surface area contributed by atoms with Crippen molar-refractivity contribution in [1.82, 2.24) is 14.9 Å². The third kappa shape index (κ3) is 3.07. The Hall–Kier alpha value is -2.47. The zero-order valence-corrected chi connectivity index (χ0v) is 12.8. The highest BCUT2D eigenvalue weighted by atomic mass is 32.2. The summed E-state index contributed by atoms with van der Waals surface area (Å²) < 4.78 is 0. The van der Waals surface area contributed by atoms with Crippen molar-refractivity contribution in [3.05, 3.63) is 59.5 Å². The van der Waals surface area contributed by atoms with Crippen LogP contribution in [0, 0.1) is 0 Å². The van der Waals surface area contributed by atoms with Crippen LogP contribution in [0.3, 0.4) is 0 Å². The van der Waals surface area contributed by atoms with Crippen LogP contribution in [0.5, 0.6) is 0 Å². The molecule has 0 aliphatic carbocycles. The summed E-state index contributed by atoms with van der Waals surface area (Å²) in [6.07, 6.45) is 6.87. The molecule has 1 aliphatic heterocycles. The molecule has 5 nitrogen and oxygen atoms in total. The summed E-state index contributed by atoms with van der Waals surface area (Å²) >= 11 is 1.36. The van der Waals surface area contributed by atoms with Crippen LogP contribution in [0.25, 0.3) is 6.08 Å². The standard InChI is InChI=1S/C16H14N4OS/c1-2-20-15(21)14(10-12-6-3-4-9-18-12)22-16(20)19-13-7-5-8-17-11-13/h3-11H,2H2,1H3/b14-10-,19-16?. The molecule has 0 bridgehead atoms. The van der Waals surface area contributed by atoms with Crippen LogP contribution in [0.2, 0.25) is 0 Å². The van der Waals surface area contributed by atoms with E-state index in [-0.39, 0.29) is 5.91 Å². The number of nitrogens with zero attached hydrogens (tertiary/aromatic N) is 4. The third-order valence-corrected chi connectivity index (χ3v) is 4.05. The predicted octanol–water partition coefficient (Wildman–Crippen LogP) is 3.10. The van der Waals surface area contributed by atoms with Crippen LogP contribution < -0.4 is 0 Å². The van der Waals surface area contributed by atoms with Gasteiger partial charge in [0, 0.05) is 18.9 Å². The van der Waals surface area contributed by atoms with Crippen molar-refractivity contribution < 1.29 is 4.79 Å². The molecule has 0 atom stereocenters. The minimum atomic E-state index is -0.0409. The molecule has 0 radical (unpaired) electrons. The molecule has 0 saturated carbocycles. The number of hydrogen-bond acceptors (Lipinski definition) is 5. The minimum absolute atomic E-state index is 0.0409. The summed E-state index contributed by atoms with van der Waals surface area (Å²) in [5.41, 5.74) is 1.49. The zero-order chi connectivity index (χ0) is 15.4. The lowest BCUT2D eigenvalue weighted by molar-refractivity contribution is -0.122. The second kappa shape index (κ2) is 6.53. The van der Waals surface area contributed by atoms with Gasteiger partial charge in [-0.05, 0) is 49.0 Å². The Morgan fingerprint density at radius 2 is 2.18 bits per heavy atom. The van der Waals surface area contributed by atoms with E-state index in [1.54, 1.807) is 29.6 Å². The molecule has 3 rings (SSSR count). The Kier molecular flexibility index (Phi) is 4.29.